The third-order valence-electron chi connectivity index (χ3n) is 4.77. The summed E-state index contributed by atoms with van der Waals surface area (Å²) in [6.45, 7) is 0. The molecule has 1 N–H and O–H groups in total. The lowest BCUT2D eigenvalue weighted by molar-refractivity contribution is -0.116. The zero-order chi connectivity index (χ0) is 19.8. The Morgan fingerprint density at radius 3 is 2.64 bits per heavy atom. The summed E-state index contributed by atoms with van der Waals surface area (Å²) in [7, 11) is 3.09. The van der Waals surface area contributed by atoms with Crippen LogP contribution in [-0.4, -0.2) is 29.7 Å². The van der Waals surface area contributed by atoms with E-state index in [0.717, 1.165) is 12.1 Å². The Hall–Kier alpha value is -3.42. The molecule has 2 aromatic carbocycles. The van der Waals surface area contributed by atoms with Crippen molar-refractivity contribution in [3.05, 3.63) is 65.6 Å². The molecule has 0 bridgehead atoms. The van der Waals surface area contributed by atoms with E-state index in [9.17, 15) is 13.6 Å². The molecule has 4 rings (SSSR count). The molecular weight excluding hydrogens is 368 g/mol. The first kappa shape index (κ1) is 18.0. The standard InChI is InChI=1S/C20H17F2N3O3/c1-27-12-4-6-16(17(8-12)28-2)25-10-23-19-13(9-18(26)24-20(19)25)11-3-5-14(21)15(22)7-11/h3-8,10,13H,9H2,1-2H3,(H,24,26). The van der Waals surface area contributed by atoms with E-state index in [1.54, 1.807) is 36.2 Å². The van der Waals surface area contributed by atoms with Gasteiger partial charge in [-0.05, 0) is 29.8 Å². The predicted octanol–water partition coefficient (Wildman–Crippen LogP) is 3.64. The molecule has 1 aliphatic heterocycles. The molecule has 8 heteroatoms. The van der Waals surface area contributed by atoms with Gasteiger partial charge in [-0.1, -0.05) is 6.07 Å². The molecule has 0 saturated heterocycles. The van der Waals surface area contributed by atoms with Crippen molar-refractivity contribution in [1.29, 1.82) is 0 Å². The minimum absolute atomic E-state index is 0.0921. The summed E-state index contributed by atoms with van der Waals surface area (Å²) in [5.41, 5.74) is 1.72. The van der Waals surface area contributed by atoms with E-state index in [2.05, 4.69) is 10.3 Å². The number of carbonyl (C=O) groups is 1. The first-order valence-corrected chi connectivity index (χ1v) is 8.56. The molecule has 0 fully saturated rings. The highest BCUT2D eigenvalue weighted by Crippen LogP contribution is 2.39. The van der Waals surface area contributed by atoms with Crippen molar-refractivity contribution in [2.24, 2.45) is 0 Å². The Morgan fingerprint density at radius 1 is 1.11 bits per heavy atom. The number of hydrogen-bond acceptors (Lipinski definition) is 4. The molecule has 1 aromatic heterocycles. The number of anilines is 1. The summed E-state index contributed by atoms with van der Waals surface area (Å²) >= 11 is 0. The lowest BCUT2D eigenvalue weighted by Crippen LogP contribution is -2.25. The maximum Gasteiger partial charge on any atom is 0.226 e. The normalized spacial score (nSPS) is 15.7. The molecule has 0 spiro atoms. The summed E-state index contributed by atoms with van der Waals surface area (Å²) in [5.74, 6) is -0.990. The van der Waals surface area contributed by atoms with Crippen molar-refractivity contribution < 1.29 is 23.0 Å². The minimum Gasteiger partial charge on any atom is -0.497 e. The number of aromatic nitrogens is 2. The zero-order valence-corrected chi connectivity index (χ0v) is 15.2. The number of carbonyl (C=O) groups excluding carboxylic acids is 1. The molecule has 28 heavy (non-hydrogen) atoms. The van der Waals surface area contributed by atoms with Crippen molar-refractivity contribution in [3.63, 3.8) is 0 Å². The highest BCUT2D eigenvalue weighted by atomic mass is 19.2. The van der Waals surface area contributed by atoms with Gasteiger partial charge in [0.25, 0.3) is 0 Å². The average molecular weight is 385 g/mol. The van der Waals surface area contributed by atoms with Gasteiger partial charge in [-0.25, -0.2) is 13.8 Å². The van der Waals surface area contributed by atoms with E-state index in [0.29, 0.717) is 34.3 Å². The molecule has 1 unspecified atom stereocenters. The van der Waals surface area contributed by atoms with Crippen molar-refractivity contribution in [3.8, 4) is 17.2 Å². The Morgan fingerprint density at radius 2 is 1.93 bits per heavy atom. The van der Waals surface area contributed by atoms with Gasteiger partial charge < -0.3 is 14.8 Å². The quantitative estimate of drug-likeness (QED) is 0.745. The van der Waals surface area contributed by atoms with Gasteiger partial charge in [-0.15, -0.1) is 0 Å². The van der Waals surface area contributed by atoms with Gasteiger partial charge in [0, 0.05) is 18.4 Å². The second-order valence-corrected chi connectivity index (χ2v) is 6.36. The number of halogens is 2. The number of benzene rings is 2. The van der Waals surface area contributed by atoms with Crippen LogP contribution in [-0.2, 0) is 4.79 Å². The van der Waals surface area contributed by atoms with Gasteiger partial charge >= 0.3 is 0 Å². The number of ether oxygens (including phenoxy) is 2. The fourth-order valence-electron chi connectivity index (χ4n) is 3.38. The maximum atomic E-state index is 13.7. The van der Waals surface area contributed by atoms with E-state index in [1.165, 1.54) is 13.2 Å². The second-order valence-electron chi connectivity index (χ2n) is 6.36. The Bertz CT molecular complexity index is 1060. The number of nitrogens with one attached hydrogen (secondary N) is 1. The molecule has 0 saturated carbocycles. The van der Waals surface area contributed by atoms with Crippen molar-refractivity contribution in [1.82, 2.24) is 9.55 Å². The number of amides is 1. The molecule has 6 nitrogen and oxygen atoms in total. The lowest BCUT2D eigenvalue weighted by atomic mass is 9.89. The molecule has 1 amide bonds. The van der Waals surface area contributed by atoms with Crippen LogP contribution in [0, 0.1) is 11.6 Å². The van der Waals surface area contributed by atoms with Crippen LogP contribution in [0.5, 0.6) is 11.5 Å². The SMILES string of the molecule is COc1ccc(-n2cnc3c2NC(=O)CC3c2ccc(F)c(F)c2)c(OC)c1. The molecule has 3 aromatic rings. The fraction of sp³-hybridized carbons (Fsp3) is 0.200. The Kier molecular flexibility index (Phi) is 4.46. The van der Waals surface area contributed by atoms with Crippen LogP contribution >= 0.6 is 0 Å². The summed E-state index contributed by atoms with van der Waals surface area (Å²) in [5, 5.41) is 2.82. The molecule has 0 aliphatic carbocycles. The molecule has 2 heterocycles. The highest BCUT2D eigenvalue weighted by Gasteiger charge is 2.32. The topological polar surface area (TPSA) is 65.4 Å². The largest absolute Gasteiger partial charge is 0.497 e. The molecule has 1 aliphatic rings. The van der Waals surface area contributed by atoms with Crippen LogP contribution in [0.15, 0.2) is 42.7 Å². The number of imidazole rings is 1. The minimum atomic E-state index is -0.957. The molecule has 0 radical (unpaired) electrons. The first-order valence-electron chi connectivity index (χ1n) is 8.56. The van der Waals surface area contributed by atoms with Crippen LogP contribution in [0.1, 0.15) is 23.6 Å². The smallest absolute Gasteiger partial charge is 0.226 e. The average Bonchev–Trinajstić information content (AvgIpc) is 3.12. The summed E-state index contributed by atoms with van der Waals surface area (Å²) in [6, 6.07) is 8.90. The summed E-state index contributed by atoms with van der Waals surface area (Å²) in [6.07, 6.45) is 1.66. The fourth-order valence-corrected chi connectivity index (χ4v) is 3.38. The first-order chi connectivity index (χ1) is 13.5. The van der Waals surface area contributed by atoms with Gasteiger partial charge in [0.1, 0.15) is 23.6 Å². The number of methoxy groups -OCH3 is 2. The van der Waals surface area contributed by atoms with Crippen LogP contribution in [0.2, 0.25) is 0 Å². The van der Waals surface area contributed by atoms with E-state index in [1.807, 2.05) is 0 Å². The second kappa shape index (κ2) is 6.95. The Balaban J connectivity index is 1.82. The highest BCUT2D eigenvalue weighted by molar-refractivity contribution is 5.94. The van der Waals surface area contributed by atoms with Gasteiger partial charge in [0.2, 0.25) is 5.91 Å². The van der Waals surface area contributed by atoms with Gasteiger partial charge in [-0.2, -0.15) is 0 Å². The van der Waals surface area contributed by atoms with Crippen LogP contribution in [0.4, 0.5) is 14.6 Å². The summed E-state index contributed by atoms with van der Waals surface area (Å²) < 4.78 is 39.4. The predicted molar refractivity (Wildman–Crippen MR) is 98.1 cm³/mol. The van der Waals surface area contributed by atoms with Crippen molar-refractivity contribution in [2.75, 3.05) is 19.5 Å². The summed E-state index contributed by atoms with van der Waals surface area (Å²) in [4.78, 5) is 16.8. The van der Waals surface area contributed by atoms with Gasteiger partial charge in [-0.3, -0.25) is 9.36 Å². The zero-order valence-electron chi connectivity index (χ0n) is 15.2. The van der Waals surface area contributed by atoms with E-state index < -0.39 is 17.6 Å². The molecular formula is C20H17F2N3O3. The monoisotopic (exact) mass is 385 g/mol. The third-order valence-corrected chi connectivity index (χ3v) is 4.77. The number of nitrogens with zero attached hydrogens (tertiary/aromatic N) is 2. The van der Waals surface area contributed by atoms with Crippen molar-refractivity contribution >= 4 is 11.7 Å². The van der Waals surface area contributed by atoms with Crippen LogP contribution in [0.3, 0.4) is 0 Å². The number of hydrogen-bond donors (Lipinski definition) is 1. The number of fused-ring (bicyclic) bond motifs is 1. The van der Waals surface area contributed by atoms with Gasteiger partial charge in [0.05, 0.1) is 25.6 Å². The van der Waals surface area contributed by atoms with E-state index in [-0.39, 0.29) is 12.3 Å². The third kappa shape index (κ3) is 2.96. The van der Waals surface area contributed by atoms with Crippen LogP contribution < -0.4 is 14.8 Å². The Labute approximate surface area is 159 Å². The number of rotatable bonds is 4. The van der Waals surface area contributed by atoms with Crippen LogP contribution in [0.25, 0.3) is 5.69 Å². The lowest BCUT2D eigenvalue weighted by Gasteiger charge is -2.24. The van der Waals surface area contributed by atoms with E-state index in [4.69, 9.17) is 9.47 Å². The molecule has 144 valence electrons. The molecule has 1 atom stereocenters. The van der Waals surface area contributed by atoms with Gasteiger partial charge in [0.15, 0.2) is 11.6 Å². The van der Waals surface area contributed by atoms with Crippen molar-refractivity contribution in [2.45, 2.75) is 12.3 Å². The van der Waals surface area contributed by atoms with E-state index >= 15 is 0 Å². The maximum absolute atomic E-state index is 13.7.